The first-order valence-electron chi connectivity index (χ1n) is 3.61. The van der Waals surface area contributed by atoms with Gasteiger partial charge in [-0.25, -0.2) is 4.79 Å². The van der Waals surface area contributed by atoms with Crippen molar-refractivity contribution >= 4 is 39.0 Å². The molecule has 5 heteroatoms. The van der Waals surface area contributed by atoms with Crippen LogP contribution in [-0.2, 0) is 9.53 Å². The Bertz CT molecular complexity index is 332. The molecule has 0 saturated heterocycles. The molecule has 1 rings (SSSR count). The van der Waals surface area contributed by atoms with E-state index >= 15 is 0 Å². The van der Waals surface area contributed by atoms with Crippen molar-refractivity contribution in [3.8, 4) is 0 Å². The Morgan fingerprint density at radius 2 is 2.31 bits per heavy atom. The minimum Gasteiger partial charge on any atom is -0.460 e. The fourth-order valence-electron chi connectivity index (χ4n) is 0.745. The first-order valence-corrected chi connectivity index (χ1v) is 5.28. The largest absolute Gasteiger partial charge is 0.460 e. The maximum absolute atomic E-state index is 11.3. The van der Waals surface area contributed by atoms with Crippen molar-refractivity contribution in [1.29, 1.82) is 0 Å². The molecule has 1 heterocycles. The molecule has 0 aromatic carbocycles. The summed E-state index contributed by atoms with van der Waals surface area (Å²) in [6, 6.07) is 1.72. The normalized spacial score (nSPS) is 9.69. The van der Waals surface area contributed by atoms with Crippen LogP contribution < -0.4 is 0 Å². The van der Waals surface area contributed by atoms with Crippen molar-refractivity contribution in [3.63, 3.8) is 0 Å². The van der Waals surface area contributed by atoms with E-state index in [1.54, 1.807) is 18.4 Å². The van der Waals surface area contributed by atoms with Gasteiger partial charge in [0.05, 0.1) is 11.5 Å². The number of carbonyl (C=O) groups excluding carboxylic acids is 2. The lowest BCUT2D eigenvalue weighted by molar-refractivity contribution is -0.137. The number of ether oxygens (including phenoxy) is 1. The molecule has 0 saturated carbocycles. The van der Waals surface area contributed by atoms with Crippen LogP contribution in [0.15, 0.2) is 15.9 Å². The minimum absolute atomic E-state index is 0.216. The van der Waals surface area contributed by atoms with Crippen molar-refractivity contribution in [2.24, 2.45) is 0 Å². The fraction of sp³-hybridized carbons (Fsp3) is 0.250. The number of ketones is 1. The number of esters is 1. The van der Waals surface area contributed by atoms with E-state index in [4.69, 9.17) is 0 Å². The van der Waals surface area contributed by atoms with Gasteiger partial charge in [-0.2, -0.15) is 0 Å². The predicted octanol–water partition coefficient (Wildman–Crippen LogP) is 2.26. The van der Waals surface area contributed by atoms with Gasteiger partial charge in [0, 0.05) is 4.47 Å². The average molecular weight is 263 g/mol. The van der Waals surface area contributed by atoms with Gasteiger partial charge in [0.25, 0.3) is 5.78 Å². The Hall–Kier alpha value is -0.680. The standard InChI is InChI=1S/C8H7BrO3S/c1-2-12-8(11)6(10)7-5(9)3-4-13-7/h3-4H,2H2,1H3. The molecule has 0 spiro atoms. The van der Waals surface area contributed by atoms with Gasteiger partial charge in [0.15, 0.2) is 0 Å². The number of Topliss-reactive ketones (excluding diaryl/α,β-unsaturated/α-hetero) is 1. The van der Waals surface area contributed by atoms with Gasteiger partial charge in [-0.1, -0.05) is 0 Å². The highest BCUT2D eigenvalue weighted by molar-refractivity contribution is 9.10. The summed E-state index contributed by atoms with van der Waals surface area (Å²) in [7, 11) is 0. The monoisotopic (exact) mass is 262 g/mol. The van der Waals surface area contributed by atoms with E-state index in [-0.39, 0.29) is 6.61 Å². The van der Waals surface area contributed by atoms with Crippen molar-refractivity contribution in [2.75, 3.05) is 6.61 Å². The average Bonchev–Trinajstić information content (AvgIpc) is 2.50. The number of rotatable bonds is 3. The van der Waals surface area contributed by atoms with Gasteiger partial charge < -0.3 is 4.74 Å². The smallest absolute Gasteiger partial charge is 0.380 e. The van der Waals surface area contributed by atoms with Crippen LogP contribution in [-0.4, -0.2) is 18.4 Å². The summed E-state index contributed by atoms with van der Waals surface area (Å²) >= 11 is 4.38. The molecule has 0 aliphatic heterocycles. The number of halogens is 1. The van der Waals surface area contributed by atoms with Crippen molar-refractivity contribution in [2.45, 2.75) is 6.92 Å². The van der Waals surface area contributed by atoms with Gasteiger partial charge in [0.2, 0.25) is 0 Å². The lowest BCUT2D eigenvalue weighted by Gasteiger charge is -1.98. The molecule has 0 N–H and O–H groups in total. The second-order valence-electron chi connectivity index (χ2n) is 2.15. The van der Waals surface area contributed by atoms with E-state index in [9.17, 15) is 9.59 Å². The van der Waals surface area contributed by atoms with Crippen LogP contribution in [0.25, 0.3) is 0 Å². The van der Waals surface area contributed by atoms with Crippen molar-refractivity contribution in [1.82, 2.24) is 0 Å². The van der Waals surface area contributed by atoms with Crippen molar-refractivity contribution in [3.05, 3.63) is 20.8 Å². The third-order valence-electron chi connectivity index (χ3n) is 1.28. The van der Waals surface area contributed by atoms with Crippen LogP contribution in [0.5, 0.6) is 0 Å². The van der Waals surface area contributed by atoms with Crippen LogP contribution in [0.1, 0.15) is 16.6 Å². The molecule has 0 unspecified atom stereocenters. The van der Waals surface area contributed by atoms with E-state index in [0.29, 0.717) is 9.35 Å². The number of thiophene rings is 1. The van der Waals surface area contributed by atoms with Gasteiger partial charge in [-0.3, -0.25) is 4.79 Å². The Morgan fingerprint density at radius 1 is 1.62 bits per heavy atom. The molecule has 0 bridgehead atoms. The third kappa shape index (κ3) is 2.38. The van der Waals surface area contributed by atoms with Crippen LogP contribution in [0.3, 0.4) is 0 Å². The van der Waals surface area contributed by atoms with E-state index < -0.39 is 11.8 Å². The highest BCUT2D eigenvalue weighted by Gasteiger charge is 2.20. The summed E-state index contributed by atoms with van der Waals surface area (Å²) in [5.74, 6) is -1.39. The van der Waals surface area contributed by atoms with Crippen LogP contribution in [0.2, 0.25) is 0 Å². The lowest BCUT2D eigenvalue weighted by atomic mass is 10.3. The summed E-state index contributed by atoms with van der Waals surface area (Å²) in [6.45, 7) is 1.88. The van der Waals surface area contributed by atoms with E-state index in [1.165, 1.54) is 11.3 Å². The Kier molecular flexibility index (Phi) is 3.62. The van der Waals surface area contributed by atoms with Crippen LogP contribution in [0.4, 0.5) is 0 Å². The second-order valence-corrected chi connectivity index (χ2v) is 3.92. The fourth-order valence-corrected chi connectivity index (χ4v) is 2.22. The molecule has 0 atom stereocenters. The molecule has 0 amide bonds. The summed E-state index contributed by atoms with van der Waals surface area (Å²) in [5, 5.41) is 1.73. The summed E-state index contributed by atoms with van der Waals surface area (Å²) in [6.07, 6.45) is 0. The van der Waals surface area contributed by atoms with Gasteiger partial charge in [0.1, 0.15) is 0 Å². The molecule has 1 aromatic rings. The predicted molar refractivity (Wildman–Crippen MR) is 53.0 cm³/mol. The molecule has 0 aliphatic carbocycles. The highest BCUT2D eigenvalue weighted by atomic mass is 79.9. The SMILES string of the molecule is CCOC(=O)C(=O)c1sccc1Br. The topological polar surface area (TPSA) is 43.4 Å². The molecule has 0 aliphatic rings. The Labute approximate surface area is 87.8 Å². The zero-order chi connectivity index (χ0) is 9.84. The maximum Gasteiger partial charge on any atom is 0.380 e. The third-order valence-corrected chi connectivity index (χ3v) is 3.12. The van der Waals surface area contributed by atoms with Gasteiger partial charge in [-0.15, -0.1) is 11.3 Å². The first kappa shape index (κ1) is 10.4. The van der Waals surface area contributed by atoms with Crippen molar-refractivity contribution < 1.29 is 14.3 Å². The molecule has 1 aromatic heterocycles. The zero-order valence-electron chi connectivity index (χ0n) is 6.87. The second kappa shape index (κ2) is 4.53. The van der Waals surface area contributed by atoms with E-state index in [1.807, 2.05) is 0 Å². The maximum atomic E-state index is 11.3. The first-order chi connectivity index (χ1) is 6.16. The number of hydrogen-bond acceptors (Lipinski definition) is 4. The summed E-state index contributed by atoms with van der Waals surface area (Å²) < 4.78 is 5.21. The molecular weight excluding hydrogens is 256 g/mol. The lowest BCUT2D eigenvalue weighted by Crippen LogP contribution is -2.16. The molecule has 13 heavy (non-hydrogen) atoms. The van der Waals surface area contributed by atoms with Crippen LogP contribution in [0, 0.1) is 0 Å². The molecular formula is C8H7BrO3S. The molecule has 0 fully saturated rings. The minimum atomic E-state index is -0.800. The molecule has 70 valence electrons. The zero-order valence-corrected chi connectivity index (χ0v) is 9.28. The quantitative estimate of drug-likeness (QED) is 0.477. The Balaban J connectivity index is 2.80. The van der Waals surface area contributed by atoms with Gasteiger partial charge in [-0.05, 0) is 34.3 Å². The molecule has 0 radical (unpaired) electrons. The summed E-state index contributed by atoms with van der Waals surface area (Å²) in [4.78, 5) is 22.7. The number of carbonyl (C=O) groups is 2. The Morgan fingerprint density at radius 3 is 2.77 bits per heavy atom. The summed E-state index contributed by atoms with van der Waals surface area (Å²) in [5.41, 5.74) is 0. The van der Waals surface area contributed by atoms with E-state index in [0.717, 1.165) is 0 Å². The molecule has 3 nitrogen and oxygen atoms in total. The van der Waals surface area contributed by atoms with Gasteiger partial charge >= 0.3 is 5.97 Å². The number of hydrogen-bond donors (Lipinski definition) is 0. The van der Waals surface area contributed by atoms with E-state index in [2.05, 4.69) is 20.7 Å². The highest BCUT2D eigenvalue weighted by Crippen LogP contribution is 2.23. The van der Waals surface area contributed by atoms with Crippen LogP contribution >= 0.6 is 27.3 Å².